The van der Waals surface area contributed by atoms with Crippen LogP contribution >= 0.6 is 0 Å². The number of fused-ring (bicyclic) bond motifs is 1. The molecule has 0 aromatic rings. The average Bonchev–Trinajstić information content (AvgIpc) is 2.34. The summed E-state index contributed by atoms with van der Waals surface area (Å²) in [7, 11) is 0. The van der Waals surface area contributed by atoms with Gasteiger partial charge in [-0.3, -0.25) is 4.79 Å². The van der Waals surface area contributed by atoms with Crippen LogP contribution in [0.4, 0.5) is 0 Å². The van der Waals surface area contributed by atoms with E-state index in [1.165, 1.54) is 0 Å². The maximum Gasteiger partial charge on any atom is 0.269 e. The lowest BCUT2D eigenvalue weighted by Gasteiger charge is -2.26. The number of carbonyl (C=O) groups is 1. The van der Waals surface area contributed by atoms with E-state index in [0.29, 0.717) is 0 Å². The topological polar surface area (TPSA) is 44.4 Å². The van der Waals surface area contributed by atoms with Crippen LogP contribution in [0.2, 0.25) is 0 Å². The van der Waals surface area contributed by atoms with Crippen molar-refractivity contribution < 1.29 is 4.79 Å². The van der Waals surface area contributed by atoms with E-state index in [1.54, 1.807) is 0 Å². The van der Waals surface area contributed by atoms with Gasteiger partial charge in [-0.25, -0.2) is 5.43 Å². The number of rotatable bonds is 0. The number of nitrogens with one attached hydrogen (secondary N) is 2. The Balaban J connectivity index is 2.32. The fourth-order valence-corrected chi connectivity index (χ4v) is 1.48. The Bertz CT molecular complexity index is 234. The summed E-state index contributed by atoms with van der Waals surface area (Å²) in [6, 6.07) is 0. The van der Waals surface area contributed by atoms with Gasteiger partial charge < -0.3 is 10.3 Å². The quantitative estimate of drug-likeness (QED) is 0.479. The van der Waals surface area contributed by atoms with E-state index in [4.69, 9.17) is 0 Å². The van der Waals surface area contributed by atoms with Crippen LogP contribution < -0.4 is 10.7 Å². The van der Waals surface area contributed by atoms with Gasteiger partial charge in [-0.05, 0) is 12.5 Å². The lowest BCUT2D eigenvalue weighted by atomic mass is 10.2. The van der Waals surface area contributed by atoms with Gasteiger partial charge >= 0.3 is 0 Å². The smallest absolute Gasteiger partial charge is 0.269 e. The zero-order chi connectivity index (χ0) is 7.84. The van der Waals surface area contributed by atoms with Crippen molar-refractivity contribution >= 4 is 5.91 Å². The zero-order valence-corrected chi connectivity index (χ0v) is 6.48. The van der Waals surface area contributed by atoms with E-state index in [1.807, 2.05) is 11.9 Å². The molecule has 2 rings (SSSR count). The molecule has 0 radical (unpaired) electrons. The monoisotopic (exact) mass is 153 g/mol. The van der Waals surface area contributed by atoms with Gasteiger partial charge in [-0.1, -0.05) is 0 Å². The Morgan fingerprint density at radius 1 is 1.55 bits per heavy atom. The molecule has 0 saturated carbocycles. The maximum atomic E-state index is 11.2. The fraction of sp³-hybridized carbons (Fsp3) is 0.571. The highest BCUT2D eigenvalue weighted by Gasteiger charge is 2.28. The number of hydrogen-bond donors (Lipinski definition) is 2. The summed E-state index contributed by atoms with van der Waals surface area (Å²) in [5.74, 6) is 0.0544. The Hall–Kier alpha value is -1.03. The Labute approximate surface area is 65.2 Å². The van der Waals surface area contributed by atoms with Gasteiger partial charge in [0.25, 0.3) is 5.91 Å². The molecule has 60 valence electrons. The van der Waals surface area contributed by atoms with Crippen LogP contribution in [0.5, 0.6) is 0 Å². The Morgan fingerprint density at radius 2 is 2.36 bits per heavy atom. The molecule has 1 amide bonds. The van der Waals surface area contributed by atoms with Crippen LogP contribution in [0.15, 0.2) is 11.3 Å². The van der Waals surface area contributed by atoms with Crippen LogP contribution in [0.25, 0.3) is 0 Å². The molecule has 2 aliphatic heterocycles. The van der Waals surface area contributed by atoms with Gasteiger partial charge in [0, 0.05) is 13.1 Å². The second-order valence-electron chi connectivity index (χ2n) is 2.87. The van der Waals surface area contributed by atoms with Crippen molar-refractivity contribution in [3.8, 4) is 0 Å². The highest BCUT2D eigenvalue weighted by Crippen LogP contribution is 2.16. The van der Waals surface area contributed by atoms with Crippen molar-refractivity contribution in [2.24, 2.45) is 0 Å². The third-order valence-corrected chi connectivity index (χ3v) is 2.05. The first-order valence-corrected chi connectivity index (χ1v) is 3.78. The first-order valence-electron chi connectivity index (χ1n) is 3.78. The van der Waals surface area contributed by atoms with Gasteiger partial charge in [-0.2, -0.15) is 0 Å². The Kier molecular flexibility index (Phi) is 1.35. The largest absolute Gasteiger partial charge is 0.349 e. The van der Waals surface area contributed by atoms with E-state index in [-0.39, 0.29) is 5.91 Å². The molecule has 2 aliphatic rings. The number of nitrogens with zero attached hydrogens (tertiary/aromatic N) is 1. The molecule has 4 nitrogen and oxygen atoms in total. The van der Waals surface area contributed by atoms with Crippen molar-refractivity contribution in [1.82, 2.24) is 15.8 Å². The standard InChI is InChI=1S/C7H11N3O/c1-5-4-9-10-3-2-8-7(11)6(5)10/h9H,2-4H2,1H3,(H,8,11). The summed E-state index contributed by atoms with van der Waals surface area (Å²) in [4.78, 5) is 11.2. The molecule has 11 heavy (non-hydrogen) atoms. The van der Waals surface area contributed by atoms with Crippen molar-refractivity contribution in [3.63, 3.8) is 0 Å². The van der Waals surface area contributed by atoms with Crippen molar-refractivity contribution in [2.75, 3.05) is 19.6 Å². The van der Waals surface area contributed by atoms with Gasteiger partial charge in [0.1, 0.15) is 5.70 Å². The molecule has 0 spiro atoms. The minimum Gasteiger partial charge on any atom is -0.349 e. The van der Waals surface area contributed by atoms with Crippen LogP contribution in [-0.4, -0.2) is 30.6 Å². The molecule has 0 aromatic carbocycles. The number of amides is 1. The van der Waals surface area contributed by atoms with Gasteiger partial charge in [0.05, 0.1) is 6.54 Å². The van der Waals surface area contributed by atoms with Crippen molar-refractivity contribution in [3.05, 3.63) is 11.3 Å². The lowest BCUT2D eigenvalue weighted by molar-refractivity contribution is -0.120. The number of hydrazine groups is 1. The second kappa shape index (κ2) is 2.23. The Morgan fingerprint density at radius 3 is 3.09 bits per heavy atom. The fourth-order valence-electron chi connectivity index (χ4n) is 1.48. The van der Waals surface area contributed by atoms with Crippen LogP contribution in [0.1, 0.15) is 6.92 Å². The van der Waals surface area contributed by atoms with E-state index >= 15 is 0 Å². The van der Waals surface area contributed by atoms with Crippen LogP contribution in [-0.2, 0) is 4.79 Å². The molecule has 2 heterocycles. The summed E-state index contributed by atoms with van der Waals surface area (Å²) < 4.78 is 0. The second-order valence-corrected chi connectivity index (χ2v) is 2.87. The van der Waals surface area contributed by atoms with Crippen LogP contribution in [0, 0.1) is 0 Å². The minimum absolute atomic E-state index is 0.0544. The summed E-state index contributed by atoms with van der Waals surface area (Å²) >= 11 is 0. The molecule has 0 aliphatic carbocycles. The minimum atomic E-state index is 0.0544. The van der Waals surface area contributed by atoms with E-state index < -0.39 is 0 Å². The highest BCUT2D eigenvalue weighted by atomic mass is 16.2. The number of piperazine rings is 1. The molecule has 0 bridgehead atoms. The zero-order valence-electron chi connectivity index (χ0n) is 6.48. The van der Waals surface area contributed by atoms with Crippen LogP contribution in [0.3, 0.4) is 0 Å². The van der Waals surface area contributed by atoms with E-state index in [0.717, 1.165) is 30.9 Å². The molecule has 4 heteroatoms. The molecule has 0 aromatic heterocycles. The molecule has 1 fully saturated rings. The molecular weight excluding hydrogens is 142 g/mol. The summed E-state index contributed by atoms with van der Waals surface area (Å²) in [6.07, 6.45) is 0. The predicted molar refractivity (Wildman–Crippen MR) is 40.4 cm³/mol. The summed E-state index contributed by atoms with van der Waals surface area (Å²) in [6.45, 7) is 4.40. The number of carbonyl (C=O) groups excluding carboxylic acids is 1. The van der Waals surface area contributed by atoms with Gasteiger partial charge in [0.2, 0.25) is 0 Å². The average molecular weight is 153 g/mol. The maximum absolute atomic E-state index is 11.2. The molecular formula is C7H11N3O. The molecule has 0 unspecified atom stereocenters. The number of hydrogen-bond acceptors (Lipinski definition) is 3. The third-order valence-electron chi connectivity index (χ3n) is 2.05. The molecule has 2 N–H and O–H groups in total. The van der Waals surface area contributed by atoms with E-state index in [9.17, 15) is 4.79 Å². The molecule has 0 atom stereocenters. The predicted octanol–water partition coefficient (Wildman–Crippen LogP) is -0.790. The highest BCUT2D eigenvalue weighted by molar-refractivity contribution is 5.94. The SMILES string of the molecule is CC1=C2C(=O)NCCN2NC1. The summed E-state index contributed by atoms with van der Waals surface area (Å²) in [5.41, 5.74) is 5.08. The first kappa shape index (κ1) is 6.67. The normalized spacial score (nSPS) is 23.7. The third kappa shape index (κ3) is 0.903. The van der Waals surface area contributed by atoms with Crippen molar-refractivity contribution in [2.45, 2.75) is 6.92 Å². The van der Waals surface area contributed by atoms with E-state index in [2.05, 4.69) is 10.7 Å². The van der Waals surface area contributed by atoms with Gasteiger partial charge in [0.15, 0.2) is 0 Å². The summed E-state index contributed by atoms with van der Waals surface area (Å²) in [5, 5.41) is 4.73. The lowest BCUT2D eigenvalue weighted by Crippen LogP contribution is -2.48. The first-order chi connectivity index (χ1) is 5.29. The van der Waals surface area contributed by atoms with Gasteiger partial charge in [-0.15, -0.1) is 0 Å². The van der Waals surface area contributed by atoms with Crippen molar-refractivity contribution in [1.29, 1.82) is 0 Å². The molecule has 1 saturated heterocycles.